The van der Waals surface area contributed by atoms with E-state index in [2.05, 4.69) is 61.4 Å². The zero-order chi connectivity index (χ0) is 24.3. The largest absolute Gasteiger partial charge is 0.476 e. The molecule has 1 fully saturated rings. The van der Waals surface area contributed by atoms with Crippen molar-refractivity contribution in [2.45, 2.75) is 90.8 Å². The molecule has 0 aromatic carbocycles. The third-order valence-corrected chi connectivity index (χ3v) is 12.4. The van der Waals surface area contributed by atoms with Gasteiger partial charge in [-0.05, 0) is 67.4 Å². The predicted molar refractivity (Wildman–Crippen MR) is 138 cm³/mol. The maximum absolute atomic E-state index is 11.5. The SMILES string of the molecule is CCOc1nn(CCO[Si](C)(C)C(C)(C)C)c(CN(CC(C)OS(C)(=O)=O)C2CC2)c1I. The molecule has 1 aliphatic carbocycles. The average Bonchev–Trinajstić information content (AvgIpc) is 3.41. The molecule has 0 amide bonds. The van der Waals surface area contributed by atoms with E-state index in [1.807, 2.05) is 11.6 Å². The van der Waals surface area contributed by atoms with Gasteiger partial charge >= 0.3 is 0 Å². The molecule has 0 saturated heterocycles. The summed E-state index contributed by atoms with van der Waals surface area (Å²) < 4.78 is 43.4. The van der Waals surface area contributed by atoms with E-state index in [-0.39, 0.29) is 5.04 Å². The summed E-state index contributed by atoms with van der Waals surface area (Å²) in [6.45, 7) is 18.0. The first-order valence-corrected chi connectivity index (χ1v) is 17.1. The van der Waals surface area contributed by atoms with Gasteiger partial charge in [-0.15, -0.1) is 5.10 Å². The molecular formula is C21H40IN3O5SSi. The molecule has 1 saturated carbocycles. The van der Waals surface area contributed by atoms with Crippen LogP contribution in [0.2, 0.25) is 18.1 Å². The Balaban J connectivity index is 2.17. The first-order valence-electron chi connectivity index (χ1n) is 11.3. The van der Waals surface area contributed by atoms with Gasteiger partial charge in [0.1, 0.15) is 0 Å². The molecule has 0 bridgehead atoms. The van der Waals surface area contributed by atoms with Crippen molar-refractivity contribution in [1.82, 2.24) is 14.7 Å². The number of ether oxygens (including phenoxy) is 1. The standard InChI is InChI=1S/C21H40IN3O5SSi/c1-9-28-20-19(22)18(25(23-20)12-13-29-32(7,8)21(3,4)5)15-24(17-10-11-17)14-16(2)30-31(6,26)27/h16-17H,9-15H2,1-8H3. The third-order valence-electron chi connectivity index (χ3n) is 6.06. The van der Waals surface area contributed by atoms with Gasteiger partial charge < -0.3 is 9.16 Å². The Morgan fingerprint density at radius 1 is 1.31 bits per heavy atom. The minimum absolute atomic E-state index is 0.156. The number of hydrogen-bond acceptors (Lipinski definition) is 7. The average molecular weight is 602 g/mol. The van der Waals surface area contributed by atoms with E-state index >= 15 is 0 Å². The summed E-state index contributed by atoms with van der Waals surface area (Å²) in [5.41, 5.74) is 1.08. The highest BCUT2D eigenvalue weighted by atomic mass is 127. The highest BCUT2D eigenvalue weighted by Gasteiger charge is 2.37. The number of rotatable bonds is 13. The maximum Gasteiger partial charge on any atom is 0.264 e. The minimum atomic E-state index is -3.48. The molecule has 8 nitrogen and oxygen atoms in total. The lowest BCUT2D eigenvalue weighted by atomic mass is 10.2. The molecule has 11 heteroatoms. The van der Waals surface area contributed by atoms with E-state index in [1.165, 1.54) is 0 Å². The van der Waals surface area contributed by atoms with Gasteiger partial charge in [0.25, 0.3) is 10.1 Å². The van der Waals surface area contributed by atoms with Crippen molar-refractivity contribution in [1.29, 1.82) is 0 Å². The van der Waals surface area contributed by atoms with Crippen LogP contribution >= 0.6 is 22.6 Å². The topological polar surface area (TPSA) is 82.9 Å². The van der Waals surface area contributed by atoms with E-state index < -0.39 is 24.5 Å². The smallest absolute Gasteiger partial charge is 0.264 e. The summed E-state index contributed by atoms with van der Waals surface area (Å²) in [6.07, 6.45) is 2.92. The van der Waals surface area contributed by atoms with Crippen LogP contribution in [0.5, 0.6) is 5.88 Å². The first-order chi connectivity index (χ1) is 14.6. The van der Waals surface area contributed by atoms with Crippen LogP contribution in [0.15, 0.2) is 0 Å². The maximum atomic E-state index is 11.5. The van der Waals surface area contributed by atoms with Crippen molar-refractivity contribution < 1.29 is 21.8 Å². The number of aromatic nitrogens is 2. The summed E-state index contributed by atoms with van der Waals surface area (Å²) >= 11 is 2.30. The van der Waals surface area contributed by atoms with Crippen molar-refractivity contribution in [2.75, 3.05) is 26.0 Å². The lowest BCUT2D eigenvalue weighted by Gasteiger charge is -2.36. The summed E-state index contributed by atoms with van der Waals surface area (Å²) in [5, 5.41) is 4.88. The summed E-state index contributed by atoms with van der Waals surface area (Å²) in [4.78, 5) is 2.30. The van der Waals surface area contributed by atoms with Gasteiger partial charge in [0.2, 0.25) is 5.88 Å². The Morgan fingerprint density at radius 2 is 1.94 bits per heavy atom. The van der Waals surface area contributed by atoms with Gasteiger partial charge in [-0.3, -0.25) is 13.8 Å². The second-order valence-corrected chi connectivity index (χ2v) is 17.6. The highest BCUT2D eigenvalue weighted by molar-refractivity contribution is 14.1. The monoisotopic (exact) mass is 601 g/mol. The number of halogens is 1. The van der Waals surface area contributed by atoms with Crippen LogP contribution in [0.25, 0.3) is 0 Å². The van der Waals surface area contributed by atoms with Crippen molar-refractivity contribution in [3.8, 4) is 5.88 Å². The fourth-order valence-electron chi connectivity index (χ4n) is 3.25. The Kier molecular flexibility index (Phi) is 9.65. The van der Waals surface area contributed by atoms with E-state index in [1.54, 1.807) is 6.92 Å². The van der Waals surface area contributed by atoms with Gasteiger partial charge in [-0.2, -0.15) is 8.42 Å². The van der Waals surface area contributed by atoms with Crippen molar-refractivity contribution in [3.05, 3.63) is 9.26 Å². The van der Waals surface area contributed by atoms with Crippen molar-refractivity contribution in [2.24, 2.45) is 0 Å². The van der Waals surface area contributed by atoms with E-state index in [0.29, 0.717) is 44.8 Å². The Labute approximate surface area is 208 Å². The molecule has 1 unspecified atom stereocenters. The molecule has 0 spiro atoms. The second kappa shape index (κ2) is 11.0. The van der Waals surface area contributed by atoms with Crippen LogP contribution in [0.3, 0.4) is 0 Å². The summed E-state index contributed by atoms with van der Waals surface area (Å²) in [7, 11) is -5.32. The van der Waals surface area contributed by atoms with E-state index in [9.17, 15) is 8.42 Å². The molecule has 0 N–H and O–H groups in total. The van der Waals surface area contributed by atoms with Gasteiger partial charge in [-0.1, -0.05) is 20.8 Å². The van der Waals surface area contributed by atoms with Gasteiger partial charge in [-0.25, -0.2) is 0 Å². The van der Waals surface area contributed by atoms with Crippen LogP contribution in [-0.4, -0.2) is 69.6 Å². The third kappa shape index (κ3) is 8.22. The fourth-order valence-corrected chi connectivity index (χ4v) is 5.66. The lowest BCUT2D eigenvalue weighted by Crippen LogP contribution is -2.41. The zero-order valence-corrected chi connectivity index (χ0v) is 24.7. The molecule has 186 valence electrons. The Morgan fingerprint density at radius 3 is 2.44 bits per heavy atom. The van der Waals surface area contributed by atoms with Crippen LogP contribution in [0.4, 0.5) is 0 Å². The number of hydrogen-bond donors (Lipinski definition) is 0. The van der Waals surface area contributed by atoms with Crippen LogP contribution in [0.1, 0.15) is 53.2 Å². The normalized spacial score (nSPS) is 16.6. The molecule has 1 aromatic rings. The van der Waals surface area contributed by atoms with Gasteiger partial charge in [0, 0.05) is 19.1 Å². The number of nitrogens with zero attached hydrogens (tertiary/aromatic N) is 3. The molecule has 0 radical (unpaired) electrons. The lowest BCUT2D eigenvalue weighted by molar-refractivity contribution is 0.138. The summed E-state index contributed by atoms with van der Waals surface area (Å²) in [5.74, 6) is 0.645. The van der Waals surface area contributed by atoms with E-state index in [0.717, 1.165) is 28.4 Å². The molecule has 1 aliphatic rings. The summed E-state index contributed by atoms with van der Waals surface area (Å²) in [6, 6.07) is 0.443. The highest BCUT2D eigenvalue weighted by Crippen LogP contribution is 2.36. The van der Waals surface area contributed by atoms with Crippen molar-refractivity contribution >= 4 is 41.0 Å². The zero-order valence-electron chi connectivity index (χ0n) is 20.8. The van der Waals surface area contributed by atoms with Gasteiger partial charge in [0.15, 0.2) is 8.32 Å². The van der Waals surface area contributed by atoms with E-state index in [4.69, 9.17) is 18.4 Å². The predicted octanol–water partition coefficient (Wildman–Crippen LogP) is 4.24. The Bertz CT molecular complexity index is 866. The molecular weight excluding hydrogens is 561 g/mol. The van der Waals surface area contributed by atoms with Gasteiger partial charge in [0.05, 0.1) is 41.4 Å². The van der Waals surface area contributed by atoms with Crippen molar-refractivity contribution in [3.63, 3.8) is 0 Å². The molecule has 1 aromatic heterocycles. The molecule has 0 aliphatic heterocycles. The first kappa shape index (κ1) is 28.0. The molecule has 1 atom stereocenters. The molecule has 32 heavy (non-hydrogen) atoms. The van der Waals surface area contributed by atoms with Crippen LogP contribution in [-0.2, 0) is 31.8 Å². The molecule has 1 heterocycles. The quantitative estimate of drug-likeness (QED) is 0.190. The fraction of sp³-hybridized carbons (Fsp3) is 0.857. The Hall–Kier alpha value is -0.213. The minimum Gasteiger partial charge on any atom is -0.476 e. The van der Waals surface area contributed by atoms with Crippen LogP contribution in [0, 0.1) is 3.57 Å². The molecule has 2 rings (SSSR count). The second-order valence-electron chi connectivity index (χ2n) is 10.1. The van der Waals surface area contributed by atoms with Crippen LogP contribution < -0.4 is 4.74 Å².